The molecule has 0 heterocycles. The predicted molar refractivity (Wildman–Crippen MR) is 82.9 cm³/mol. The summed E-state index contributed by atoms with van der Waals surface area (Å²) in [6.45, 7) is 2.22. The van der Waals surface area contributed by atoms with Crippen molar-refractivity contribution in [1.82, 2.24) is 0 Å². The molecule has 1 rings (SSSR count). The molecule has 0 bridgehead atoms. The Kier molecular flexibility index (Phi) is 8.04. The molecule has 1 unspecified atom stereocenters. The molecule has 0 saturated carbocycles. The Morgan fingerprint density at radius 3 is 2.45 bits per heavy atom. The van der Waals surface area contributed by atoms with Crippen molar-refractivity contribution >= 4 is 23.7 Å². The van der Waals surface area contributed by atoms with Gasteiger partial charge in [-0.25, -0.2) is 0 Å². The lowest BCUT2D eigenvalue weighted by atomic mass is 9.93. The summed E-state index contributed by atoms with van der Waals surface area (Å²) in [5, 5.41) is -0.0741. The maximum absolute atomic E-state index is 12.0. The van der Waals surface area contributed by atoms with Crippen LogP contribution in [0.15, 0.2) is 30.3 Å². The largest absolute Gasteiger partial charge is 0.466 e. The number of carbonyl (C=O) groups is 2. The van der Waals surface area contributed by atoms with E-state index in [4.69, 9.17) is 4.74 Å². The fourth-order valence-corrected chi connectivity index (χ4v) is 2.31. The number of esters is 1. The first-order chi connectivity index (χ1) is 9.65. The maximum Gasteiger partial charge on any atom is 0.313 e. The molecular weight excluding hydrogens is 272 g/mol. The Labute approximate surface area is 126 Å². The summed E-state index contributed by atoms with van der Waals surface area (Å²) in [5.74, 6) is -0.369. The van der Waals surface area contributed by atoms with E-state index in [9.17, 15) is 9.59 Å². The van der Waals surface area contributed by atoms with Crippen LogP contribution in [0, 0.1) is 0 Å². The second-order valence-corrected chi connectivity index (χ2v) is 5.21. The third-order valence-electron chi connectivity index (χ3n) is 3.16. The fraction of sp³-hybridized carbons (Fsp3) is 0.500. The summed E-state index contributed by atoms with van der Waals surface area (Å²) in [6, 6.07) is 9.71. The second kappa shape index (κ2) is 9.59. The Hall–Kier alpha value is -1.29. The normalized spacial score (nSPS) is 11.9. The molecule has 0 spiro atoms. The third-order valence-corrected chi connectivity index (χ3v) is 3.38. The van der Waals surface area contributed by atoms with Crippen LogP contribution >= 0.6 is 12.6 Å². The number of unbranched alkanes of at least 4 members (excludes halogenated alkanes) is 2. The van der Waals surface area contributed by atoms with Crippen LogP contribution in [0.4, 0.5) is 0 Å². The van der Waals surface area contributed by atoms with Gasteiger partial charge in [-0.05, 0) is 25.3 Å². The molecule has 0 N–H and O–H groups in total. The van der Waals surface area contributed by atoms with E-state index in [-0.39, 0.29) is 17.0 Å². The van der Waals surface area contributed by atoms with Crippen LogP contribution in [-0.2, 0) is 14.3 Å². The van der Waals surface area contributed by atoms with Crippen LogP contribution in [-0.4, -0.2) is 17.7 Å². The summed E-state index contributed by atoms with van der Waals surface area (Å²) in [5.41, 5.74) is 0.997. The average molecular weight is 294 g/mol. The van der Waals surface area contributed by atoms with Crippen molar-refractivity contribution in [2.75, 3.05) is 6.61 Å². The van der Waals surface area contributed by atoms with Crippen molar-refractivity contribution in [1.29, 1.82) is 0 Å². The minimum Gasteiger partial charge on any atom is -0.466 e. The molecule has 0 aliphatic carbocycles. The summed E-state index contributed by atoms with van der Waals surface area (Å²) >= 11 is 3.75. The Morgan fingerprint density at radius 1 is 1.15 bits per heavy atom. The van der Waals surface area contributed by atoms with Gasteiger partial charge in [-0.3, -0.25) is 9.59 Å². The minimum atomic E-state index is -0.206. The first-order valence-electron chi connectivity index (χ1n) is 7.08. The molecule has 0 saturated heterocycles. The molecule has 1 aromatic carbocycles. The van der Waals surface area contributed by atoms with E-state index in [1.54, 1.807) is 0 Å². The van der Waals surface area contributed by atoms with Crippen LogP contribution in [0.3, 0.4) is 0 Å². The number of thiol groups is 1. The highest BCUT2D eigenvalue weighted by atomic mass is 32.1. The SMILES string of the molecule is CCOC(=O)C(CCCCCC(=O)S)c1ccccc1. The second-order valence-electron chi connectivity index (χ2n) is 4.71. The van der Waals surface area contributed by atoms with Crippen molar-refractivity contribution in [3.05, 3.63) is 35.9 Å². The molecule has 110 valence electrons. The molecule has 0 aliphatic heterocycles. The van der Waals surface area contributed by atoms with E-state index in [0.717, 1.165) is 31.2 Å². The predicted octanol–water partition coefficient (Wildman–Crippen LogP) is 3.74. The molecule has 3 nitrogen and oxygen atoms in total. The van der Waals surface area contributed by atoms with Gasteiger partial charge in [0, 0.05) is 6.42 Å². The highest BCUT2D eigenvalue weighted by Gasteiger charge is 2.21. The van der Waals surface area contributed by atoms with Crippen LogP contribution in [0.1, 0.15) is 50.5 Å². The van der Waals surface area contributed by atoms with Gasteiger partial charge in [0.1, 0.15) is 0 Å². The quantitative estimate of drug-likeness (QED) is 0.428. The van der Waals surface area contributed by atoms with Gasteiger partial charge in [0.15, 0.2) is 5.12 Å². The lowest BCUT2D eigenvalue weighted by molar-refractivity contribution is -0.145. The molecule has 4 heteroatoms. The molecular formula is C16H22O3S. The zero-order chi connectivity index (χ0) is 14.8. The van der Waals surface area contributed by atoms with E-state index in [1.165, 1.54) is 0 Å². The summed E-state index contributed by atoms with van der Waals surface area (Å²) in [6.07, 6.45) is 3.91. The van der Waals surface area contributed by atoms with Gasteiger partial charge < -0.3 is 4.74 Å². The first-order valence-corrected chi connectivity index (χ1v) is 7.53. The van der Waals surface area contributed by atoms with E-state index in [0.29, 0.717) is 13.0 Å². The van der Waals surface area contributed by atoms with Gasteiger partial charge in [-0.15, -0.1) is 12.6 Å². The number of hydrogen-bond donors (Lipinski definition) is 1. The lowest BCUT2D eigenvalue weighted by Crippen LogP contribution is -2.16. The topological polar surface area (TPSA) is 43.4 Å². The van der Waals surface area contributed by atoms with Gasteiger partial charge in [-0.2, -0.15) is 0 Å². The van der Waals surface area contributed by atoms with Crippen LogP contribution < -0.4 is 0 Å². The average Bonchev–Trinajstić information content (AvgIpc) is 2.43. The van der Waals surface area contributed by atoms with E-state index in [2.05, 4.69) is 12.6 Å². The van der Waals surface area contributed by atoms with Crippen molar-refractivity contribution in [3.63, 3.8) is 0 Å². The molecule has 0 radical (unpaired) electrons. The highest BCUT2D eigenvalue weighted by Crippen LogP contribution is 2.24. The molecule has 0 amide bonds. The lowest BCUT2D eigenvalue weighted by Gasteiger charge is -2.15. The van der Waals surface area contributed by atoms with Crippen molar-refractivity contribution in [2.45, 2.75) is 44.9 Å². The molecule has 20 heavy (non-hydrogen) atoms. The Balaban J connectivity index is 2.51. The van der Waals surface area contributed by atoms with E-state index >= 15 is 0 Å². The molecule has 0 aromatic heterocycles. The van der Waals surface area contributed by atoms with Crippen LogP contribution in [0.5, 0.6) is 0 Å². The number of carbonyl (C=O) groups excluding carboxylic acids is 2. The Morgan fingerprint density at radius 2 is 1.85 bits per heavy atom. The molecule has 1 atom stereocenters. The van der Waals surface area contributed by atoms with Gasteiger partial charge in [-0.1, -0.05) is 43.2 Å². The van der Waals surface area contributed by atoms with E-state index < -0.39 is 0 Å². The smallest absolute Gasteiger partial charge is 0.313 e. The van der Waals surface area contributed by atoms with Crippen LogP contribution in [0.25, 0.3) is 0 Å². The van der Waals surface area contributed by atoms with E-state index in [1.807, 2.05) is 37.3 Å². The maximum atomic E-state index is 12.0. The minimum absolute atomic E-state index is 0.0741. The highest BCUT2D eigenvalue weighted by molar-refractivity contribution is 7.96. The van der Waals surface area contributed by atoms with Crippen molar-refractivity contribution in [2.24, 2.45) is 0 Å². The fourth-order valence-electron chi connectivity index (χ4n) is 2.15. The van der Waals surface area contributed by atoms with Gasteiger partial charge in [0.2, 0.25) is 0 Å². The summed E-state index contributed by atoms with van der Waals surface area (Å²) in [4.78, 5) is 22.8. The zero-order valence-electron chi connectivity index (χ0n) is 11.9. The summed E-state index contributed by atoms with van der Waals surface area (Å²) in [7, 11) is 0. The molecule has 1 aromatic rings. The number of hydrogen-bond acceptors (Lipinski definition) is 3. The van der Waals surface area contributed by atoms with Crippen LogP contribution in [0.2, 0.25) is 0 Å². The van der Waals surface area contributed by atoms with Gasteiger partial charge >= 0.3 is 5.97 Å². The number of benzene rings is 1. The van der Waals surface area contributed by atoms with Gasteiger partial charge in [0.05, 0.1) is 12.5 Å². The monoisotopic (exact) mass is 294 g/mol. The standard InChI is InChI=1S/C16H22O3S/c1-2-19-16(18)14(13-9-5-3-6-10-13)11-7-4-8-12-15(17)20/h3,5-6,9-10,14H,2,4,7-8,11-12H2,1H3,(H,17,20). The molecule has 0 aliphatic rings. The number of rotatable bonds is 9. The Bertz CT molecular complexity index is 417. The van der Waals surface area contributed by atoms with Gasteiger partial charge in [0.25, 0.3) is 0 Å². The first kappa shape index (κ1) is 16.8. The molecule has 0 fully saturated rings. The van der Waals surface area contributed by atoms with Crippen molar-refractivity contribution in [3.8, 4) is 0 Å². The number of ether oxygens (including phenoxy) is 1. The zero-order valence-corrected chi connectivity index (χ0v) is 12.8. The van der Waals surface area contributed by atoms with Crippen molar-refractivity contribution < 1.29 is 14.3 Å². The third kappa shape index (κ3) is 6.24. The summed E-state index contributed by atoms with van der Waals surface area (Å²) < 4.78 is 5.15.